The minimum atomic E-state index is 0.0153. The molecular weight excluding hydrogens is 202 g/mol. The molecule has 0 fully saturated rings. The molecule has 92 valence electrons. The fraction of sp³-hybridized carbons (Fsp3) is 0.833. The molecule has 0 spiro atoms. The molecule has 0 aliphatic rings. The summed E-state index contributed by atoms with van der Waals surface area (Å²) >= 11 is 0. The molecule has 0 aromatic rings. The summed E-state index contributed by atoms with van der Waals surface area (Å²) in [7, 11) is 1.77. The van der Waals surface area contributed by atoms with E-state index in [1.807, 2.05) is 6.92 Å². The van der Waals surface area contributed by atoms with Crippen LogP contribution >= 0.6 is 0 Å². The number of carbonyl (C=O) groups is 1. The maximum Gasteiger partial charge on any atom is 0.222 e. The summed E-state index contributed by atoms with van der Waals surface area (Å²) in [6, 6.07) is 2.09. The van der Waals surface area contributed by atoms with E-state index in [0.717, 1.165) is 32.2 Å². The van der Waals surface area contributed by atoms with E-state index >= 15 is 0 Å². The Bertz CT molecular complexity index is 235. The number of rotatable bonds is 8. The van der Waals surface area contributed by atoms with E-state index in [1.165, 1.54) is 0 Å². The highest BCUT2D eigenvalue weighted by Gasteiger charge is 2.14. The molecule has 1 amide bonds. The van der Waals surface area contributed by atoms with Crippen LogP contribution in [0.2, 0.25) is 0 Å². The van der Waals surface area contributed by atoms with Gasteiger partial charge in [0, 0.05) is 19.5 Å². The summed E-state index contributed by atoms with van der Waals surface area (Å²) in [5.41, 5.74) is 5.39. The van der Waals surface area contributed by atoms with Gasteiger partial charge in [0.1, 0.15) is 0 Å². The fourth-order valence-corrected chi connectivity index (χ4v) is 1.47. The maximum atomic E-state index is 11.7. The smallest absolute Gasteiger partial charge is 0.222 e. The Morgan fingerprint density at radius 3 is 2.56 bits per heavy atom. The number of nitriles is 1. The number of hydrogen-bond donors (Lipinski definition) is 1. The summed E-state index contributed by atoms with van der Waals surface area (Å²) in [5.74, 6) is 0.135. The van der Waals surface area contributed by atoms with Crippen molar-refractivity contribution in [3.63, 3.8) is 0 Å². The number of hydrogen-bond acceptors (Lipinski definition) is 3. The molecule has 4 nitrogen and oxygen atoms in total. The molecule has 1 atom stereocenters. The Kier molecular flexibility index (Phi) is 8.55. The molecular formula is C12H23N3O. The summed E-state index contributed by atoms with van der Waals surface area (Å²) in [5, 5.41) is 8.54. The van der Waals surface area contributed by atoms with E-state index in [9.17, 15) is 4.79 Å². The minimum absolute atomic E-state index is 0.0153. The Morgan fingerprint density at radius 1 is 1.38 bits per heavy atom. The Balaban J connectivity index is 3.67. The van der Waals surface area contributed by atoms with E-state index in [2.05, 4.69) is 6.07 Å². The molecule has 2 N–H and O–H groups in total. The topological polar surface area (TPSA) is 70.1 Å². The summed E-state index contributed by atoms with van der Waals surface area (Å²) < 4.78 is 0. The Labute approximate surface area is 98.4 Å². The van der Waals surface area contributed by atoms with Gasteiger partial charge in [-0.15, -0.1) is 0 Å². The number of amides is 1. The van der Waals surface area contributed by atoms with Crippen LogP contribution in [0.5, 0.6) is 0 Å². The van der Waals surface area contributed by atoms with Crippen LogP contribution in [0.25, 0.3) is 0 Å². The lowest BCUT2D eigenvalue weighted by molar-refractivity contribution is -0.131. The molecule has 0 aliphatic heterocycles. The number of nitrogens with two attached hydrogens (primary N) is 1. The highest BCUT2D eigenvalue weighted by atomic mass is 16.2. The molecule has 0 saturated carbocycles. The van der Waals surface area contributed by atoms with Gasteiger partial charge in [0.15, 0.2) is 0 Å². The van der Waals surface area contributed by atoms with Gasteiger partial charge in [-0.3, -0.25) is 4.79 Å². The van der Waals surface area contributed by atoms with Crippen LogP contribution in [-0.4, -0.2) is 30.4 Å². The van der Waals surface area contributed by atoms with Crippen LogP contribution in [0.1, 0.15) is 45.4 Å². The lowest BCUT2D eigenvalue weighted by Gasteiger charge is -2.22. The standard InChI is InChI=1S/C12H23N3O/c1-11(8-10-14)15(2)12(16)7-5-3-4-6-9-13/h11H,3-9,13H2,1-2H3. The maximum absolute atomic E-state index is 11.7. The fourth-order valence-electron chi connectivity index (χ4n) is 1.47. The van der Waals surface area contributed by atoms with Gasteiger partial charge in [-0.2, -0.15) is 5.26 Å². The first-order valence-electron chi connectivity index (χ1n) is 5.96. The van der Waals surface area contributed by atoms with Crippen LogP contribution in [0.3, 0.4) is 0 Å². The van der Waals surface area contributed by atoms with Gasteiger partial charge in [0.25, 0.3) is 0 Å². The van der Waals surface area contributed by atoms with E-state index in [1.54, 1.807) is 11.9 Å². The van der Waals surface area contributed by atoms with Crippen molar-refractivity contribution in [1.29, 1.82) is 5.26 Å². The van der Waals surface area contributed by atoms with Crippen LogP contribution in [-0.2, 0) is 4.79 Å². The second kappa shape index (κ2) is 9.17. The third-order valence-electron chi connectivity index (χ3n) is 2.79. The average molecular weight is 225 g/mol. The molecule has 0 aromatic carbocycles. The third-order valence-corrected chi connectivity index (χ3v) is 2.79. The third kappa shape index (κ3) is 6.41. The van der Waals surface area contributed by atoms with E-state index < -0.39 is 0 Å². The predicted octanol–water partition coefficient (Wildman–Crippen LogP) is 1.66. The second-order valence-corrected chi connectivity index (χ2v) is 4.17. The predicted molar refractivity (Wildman–Crippen MR) is 64.6 cm³/mol. The van der Waals surface area contributed by atoms with Crippen molar-refractivity contribution in [2.75, 3.05) is 13.6 Å². The highest BCUT2D eigenvalue weighted by molar-refractivity contribution is 5.76. The first-order chi connectivity index (χ1) is 7.63. The van der Waals surface area contributed by atoms with Gasteiger partial charge in [-0.1, -0.05) is 12.8 Å². The van der Waals surface area contributed by atoms with Gasteiger partial charge in [0.2, 0.25) is 5.91 Å². The first-order valence-corrected chi connectivity index (χ1v) is 5.96. The molecule has 0 aromatic heterocycles. The monoisotopic (exact) mass is 225 g/mol. The van der Waals surface area contributed by atoms with Gasteiger partial charge >= 0.3 is 0 Å². The molecule has 0 saturated heterocycles. The van der Waals surface area contributed by atoms with Gasteiger partial charge in [-0.25, -0.2) is 0 Å². The second-order valence-electron chi connectivity index (χ2n) is 4.17. The number of unbranched alkanes of at least 4 members (excludes halogenated alkanes) is 3. The van der Waals surface area contributed by atoms with Crippen molar-refractivity contribution < 1.29 is 4.79 Å². The Hall–Kier alpha value is -1.08. The molecule has 0 aliphatic carbocycles. The van der Waals surface area contributed by atoms with Crippen molar-refractivity contribution in [2.45, 2.75) is 51.5 Å². The molecule has 4 heteroatoms. The lowest BCUT2D eigenvalue weighted by Crippen LogP contribution is -2.34. The molecule has 0 rings (SSSR count). The average Bonchev–Trinajstić information content (AvgIpc) is 2.27. The number of carbonyl (C=O) groups excluding carboxylic acids is 1. The van der Waals surface area contributed by atoms with Crippen molar-refractivity contribution in [2.24, 2.45) is 5.73 Å². The summed E-state index contributed by atoms with van der Waals surface area (Å²) in [6.07, 6.45) is 5.09. The first kappa shape index (κ1) is 14.9. The zero-order valence-corrected chi connectivity index (χ0v) is 10.4. The largest absolute Gasteiger partial charge is 0.342 e. The molecule has 0 bridgehead atoms. The highest BCUT2D eigenvalue weighted by Crippen LogP contribution is 2.07. The van der Waals surface area contributed by atoms with Crippen LogP contribution in [0.15, 0.2) is 0 Å². The molecule has 0 radical (unpaired) electrons. The minimum Gasteiger partial charge on any atom is -0.342 e. The van der Waals surface area contributed by atoms with Crippen molar-refractivity contribution in [3.05, 3.63) is 0 Å². The van der Waals surface area contributed by atoms with E-state index in [-0.39, 0.29) is 11.9 Å². The van der Waals surface area contributed by atoms with Crippen molar-refractivity contribution in [1.82, 2.24) is 4.90 Å². The normalized spacial score (nSPS) is 11.9. The summed E-state index contributed by atoms with van der Waals surface area (Å²) in [6.45, 7) is 2.63. The van der Waals surface area contributed by atoms with Gasteiger partial charge < -0.3 is 10.6 Å². The van der Waals surface area contributed by atoms with E-state index in [4.69, 9.17) is 11.0 Å². The van der Waals surface area contributed by atoms with Crippen molar-refractivity contribution >= 4 is 5.91 Å². The quantitative estimate of drug-likeness (QED) is 0.639. The van der Waals surface area contributed by atoms with E-state index in [0.29, 0.717) is 12.8 Å². The zero-order valence-electron chi connectivity index (χ0n) is 10.4. The molecule has 1 unspecified atom stereocenters. The molecule has 0 heterocycles. The molecule has 16 heavy (non-hydrogen) atoms. The van der Waals surface area contributed by atoms with Crippen molar-refractivity contribution in [3.8, 4) is 6.07 Å². The Morgan fingerprint density at radius 2 is 2.00 bits per heavy atom. The summed E-state index contributed by atoms with van der Waals surface area (Å²) in [4.78, 5) is 13.4. The van der Waals surface area contributed by atoms with Gasteiger partial charge in [-0.05, 0) is 26.3 Å². The van der Waals surface area contributed by atoms with Gasteiger partial charge in [0.05, 0.1) is 12.5 Å². The van der Waals surface area contributed by atoms with Crippen LogP contribution < -0.4 is 5.73 Å². The zero-order chi connectivity index (χ0) is 12.4. The SMILES string of the molecule is CC(CC#N)N(C)C(=O)CCCCCCN. The van der Waals surface area contributed by atoms with Crippen LogP contribution in [0, 0.1) is 11.3 Å². The lowest BCUT2D eigenvalue weighted by atomic mass is 10.1. The van der Waals surface area contributed by atoms with Crippen LogP contribution in [0.4, 0.5) is 0 Å². The number of nitrogens with zero attached hydrogens (tertiary/aromatic N) is 2.